The molecule has 2 aromatic rings. The van der Waals surface area contributed by atoms with Crippen molar-refractivity contribution in [3.05, 3.63) is 70.6 Å². The Morgan fingerprint density at radius 1 is 1.21 bits per heavy atom. The number of halogens is 1. The molecule has 0 aliphatic carbocycles. The summed E-state index contributed by atoms with van der Waals surface area (Å²) < 4.78 is 24.2. The van der Waals surface area contributed by atoms with Crippen molar-refractivity contribution in [3.8, 4) is 11.5 Å². The van der Waals surface area contributed by atoms with Crippen molar-refractivity contribution in [1.29, 1.82) is 0 Å². The van der Waals surface area contributed by atoms with Crippen LogP contribution < -0.4 is 9.47 Å². The fourth-order valence-electron chi connectivity index (χ4n) is 2.86. The van der Waals surface area contributed by atoms with Gasteiger partial charge in [-0.25, -0.2) is 9.18 Å². The molecule has 5 nitrogen and oxygen atoms in total. The SMILES string of the molecule is C=C(C)CCc1c(OC)cc(/C=C/c2cccc(F)c2)c(C(=O)O)c1OC(C)=O. The minimum Gasteiger partial charge on any atom is -0.496 e. The minimum absolute atomic E-state index is 0.0514. The minimum atomic E-state index is -1.25. The zero-order valence-corrected chi connectivity index (χ0v) is 16.6. The van der Waals surface area contributed by atoms with E-state index in [4.69, 9.17) is 9.47 Å². The summed E-state index contributed by atoms with van der Waals surface area (Å²) in [6.45, 7) is 6.91. The van der Waals surface area contributed by atoms with Crippen LogP contribution in [0.5, 0.6) is 11.5 Å². The van der Waals surface area contributed by atoms with Crippen molar-refractivity contribution >= 4 is 24.1 Å². The summed E-state index contributed by atoms with van der Waals surface area (Å²) >= 11 is 0. The van der Waals surface area contributed by atoms with Gasteiger partial charge in [-0.1, -0.05) is 29.9 Å². The zero-order chi connectivity index (χ0) is 21.6. The van der Waals surface area contributed by atoms with Crippen molar-refractivity contribution in [2.45, 2.75) is 26.7 Å². The molecule has 29 heavy (non-hydrogen) atoms. The maximum Gasteiger partial charge on any atom is 0.340 e. The number of carbonyl (C=O) groups excluding carboxylic acids is 1. The molecule has 0 aliphatic rings. The van der Waals surface area contributed by atoms with E-state index in [1.807, 2.05) is 6.92 Å². The summed E-state index contributed by atoms with van der Waals surface area (Å²) in [6.07, 6.45) is 4.07. The standard InChI is InChI=1S/C23H23FO5/c1-14(2)8-11-19-20(28-4)13-17(10-9-16-6-5-7-18(24)12-16)21(23(26)27)22(19)29-15(3)25/h5-7,9-10,12-13H,1,8,11H2,2-4H3,(H,26,27)/b10-9+. The number of benzene rings is 2. The van der Waals surface area contributed by atoms with Gasteiger partial charge >= 0.3 is 11.9 Å². The van der Waals surface area contributed by atoms with Crippen LogP contribution in [-0.4, -0.2) is 24.2 Å². The van der Waals surface area contributed by atoms with Crippen LogP contribution >= 0.6 is 0 Å². The maximum absolute atomic E-state index is 13.4. The van der Waals surface area contributed by atoms with Gasteiger partial charge in [0.15, 0.2) is 5.75 Å². The fourth-order valence-corrected chi connectivity index (χ4v) is 2.86. The molecule has 0 fully saturated rings. The average Bonchev–Trinajstić information content (AvgIpc) is 2.64. The lowest BCUT2D eigenvalue weighted by atomic mass is 9.96. The first kappa shape index (κ1) is 21.9. The van der Waals surface area contributed by atoms with Crippen LogP contribution in [0.15, 0.2) is 42.5 Å². The highest BCUT2D eigenvalue weighted by Crippen LogP contribution is 2.38. The monoisotopic (exact) mass is 398 g/mol. The highest BCUT2D eigenvalue weighted by atomic mass is 19.1. The fraction of sp³-hybridized carbons (Fsp3) is 0.217. The van der Waals surface area contributed by atoms with E-state index < -0.39 is 17.8 Å². The zero-order valence-electron chi connectivity index (χ0n) is 16.6. The predicted molar refractivity (Wildman–Crippen MR) is 110 cm³/mol. The maximum atomic E-state index is 13.4. The topological polar surface area (TPSA) is 72.8 Å². The largest absolute Gasteiger partial charge is 0.496 e. The summed E-state index contributed by atoms with van der Waals surface area (Å²) in [7, 11) is 1.46. The third kappa shape index (κ3) is 5.78. The number of ether oxygens (including phenoxy) is 2. The van der Waals surface area contributed by atoms with E-state index in [9.17, 15) is 19.1 Å². The Hall–Kier alpha value is -3.41. The van der Waals surface area contributed by atoms with Crippen molar-refractivity contribution in [2.75, 3.05) is 7.11 Å². The molecule has 0 saturated heterocycles. The van der Waals surface area contributed by atoms with E-state index in [2.05, 4.69) is 6.58 Å². The molecule has 0 atom stereocenters. The third-order valence-corrected chi connectivity index (χ3v) is 4.16. The smallest absolute Gasteiger partial charge is 0.340 e. The first-order valence-electron chi connectivity index (χ1n) is 8.96. The van der Waals surface area contributed by atoms with E-state index in [1.54, 1.807) is 24.3 Å². The van der Waals surface area contributed by atoms with Crippen LogP contribution in [-0.2, 0) is 11.2 Å². The van der Waals surface area contributed by atoms with Gasteiger partial charge in [0.25, 0.3) is 0 Å². The summed E-state index contributed by atoms with van der Waals surface area (Å²) in [4.78, 5) is 23.7. The number of hydrogen-bond acceptors (Lipinski definition) is 4. The molecule has 152 valence electrons. The number of allylic oxidation sites excluding steroid dienone is 1. The van der Waals surface area contributed by atoms with Gasteiger partial charge in [-0.15, -0.1) is 6.58 Å². The third-order valence-electron chi connectivity index (χ3n) is 4.16. The second kappa shape index (κ2) is 9.68. The molecule has 0 heterocycles. The van der Waals surface area contributed by atoms with Gasteiger partial charge < -0.3 is 14.6 Å². The Labute approximate surface area is 169 Å². The molecule has 0 aliphatic heterocycles. The Morgan fingerprint density at radius 3 is 2.48 bits per heavy atom. The summed E-state index contributed by atoms with van der Waals surface area (Å²) in [5.74, 6) is -1.95. The normalized spacial score (nSPS) is 10.8. The molecule has 0 aromatic heterocycles. The molecule has 0 amide bonds. The van der Waals surface area contributed by atoms with Gasteiger partial charge in [-0.2, -0.15) is 0 Å². The summed E-state index contributed by atoms with van der Waals surface area (Å²) in [5, 5.41) is 9.82. The molecular formula is C23H23FO5. The van der Waals surface area contributed by atoms with E-state index >= 15 is 0 Å². The number of hydrogen-bond donors (Lipinski definition) is 1. The van der Waals surface area contributed by atoms with Gasteiger partial charge in [0.2, 0.25) is 0 Å². The lowest BCUT2D eigenvalue weighted by molar-refractivity contribution is -0.131. The van der Waals surface area contributed by atoms with Gasteiger partial charge in [-0.3, -0.25) is 4.79 Å². The first-order chi connectivity index (χ1) is 13.7. The molecule has 0 spiro atoms. The number of rotatable bonds is 8. The number of carboxylic acids is 1. The number of carbonyl (C=O) groups is 2. The van der Waals surface area contributed by atoms with Crippen LogP contribution in [0.3, 0.4) is 0 Å². The number of methoxy groups -OCH3 is 1. The Morgan fingerprint density at radius 2 is 1.93 bits per heavy atom. The van der Waals surface area contributed by atoms with E-state index in [1.165, 1.54) is 32.2 Å². The van der Waals surface area contributed by atoms with E-state index in [-0.39, 0.29) is 16.9 Å². The van der Waals surface area contributed by atoms with Gasteiger partial charge in [0.1, 0.15) is 17.1 Å². The van der Waals surface area contributed by atoms with Crippen LogP contribution in [0.2, 0.25) is 0 Å². The molecule has 0 saturated carbocycles. The second-order valence-electron chi connectivity index (χ2n) is 6.59. The van der Waals surface area contributed by atoms with E-state index in [0.29, 0.717) is 29.7 Å². The number of aromatic carboxylic acids is 1. The predicted octanol–water partition coefficient (Wildman–Crippen LogP) is 5.14. The van der Waals surface area contributed by atoms with Gasteiger partial charge in [-0.05, 0) is 49.1 Å². The van der Waals surface area contributed by atoms with Gasteiger partial charge in [0.05, 0.1) is 7.11 Å². The summed E-state index contributed by atoms with van der Waals surface area (Å²) in [6, 6.07) is 7.45. The summed E-state index contributed by atoms with van der Waals surface area (Å²) in [5.41, 5.74) is 2.04. The Bertz CT molecular complexity index is 975. The lowest BCUT2D eigenvalue weighted by Crippen LogP contribution is -2.13. The van der Waals surface area contributed by atoms with Crippen LogP contribution in [0, 0.1) is 5.82 Å². The molecule has 2 aromatic carbocycles. The van der Waals surface area contributed by atoms with Crippen molar-refractivity contribution < 1.29 is 28.6 Å². The quantitative estimate of drug-likeness (QED) is 0.289. The molecule has 0 unspecified atom stereocenters. The highest BCUT2D eigenvalue weighted by Gasteiger charge is 2.25. The van der Waals surface area contributed by atoms with Crippen LogP contribution in [0.25, 0.3) is 12.2 Å². The number of esters is 1. The second-order valence-corrected chi connectivity index (χ2v) is 6.59. The number of carboxylic acid groups (broad SMARTS) is 1. The van der Waals surface area contributed by atoms with Crippen molar-refractivity contribution in [2.24, 2.45) is 0 Å². The molecule has 6 heteroatoms. The molecular weight excluding hydrogens is 375 g/mol. The highest BCUT2D eigenvalue weighted by molar-refractivity contribution is 5.98. The first-order valence-corrected chi connectivity index (χ1v) is 8.96. The lowest BCUT2D eigenvalue weighted by Gasteiger charge is -2.18. The molecule has 2 rings (SSSR count). The Kier molecular flexibility index (Phi) is 7.31. The van der Waals surface area contributed by atoms with Crippen molar-refractivity contribution in [1.82, 2.24) is 0 Å². The molecule has 1 N–H and O–H groups in total. The molecule has 0 bridgehead atoms. The Balaban J connectivity index is 2.67. The van der Waals surface area contributed by atoms with Crippen LogP contribution in [0.1, 0.15) is 47.3 Å². The average molecular weight is 398 g/mol. The van der Waals surface area contributed by atoms with Crippen LogP contribution in [0.4, 0.5) is 4.39 Å². The van der Waals surface area contributed by atoms with Crippen molar-refractivity contribution in [3.63, 3.8) is 0 Å². The van der Waals surface area contributed by atoms with E-state index in [0.717, 1.165) is 5.57 Å². The molecule has 0 radical (unpaired) electrons. The van der Waals surface area contributed by atoms with Gasteiger partial charge in [0, 0.05) is 12.5 Å².